The van der Waals surface area contributed by atoms with Gasteiger partial charge in [-0.2, -0.15) is 0 Å². The van der Waals surface area contributed by atoms with Gasteiger partial charge in [0, 0.05) is 11.1 Å². The fourth-order valence-corrected chi connectivity index (χ4v) is 46.8. The second-order valence-corrected chi connectivity index (χ2v) is 51.9. The van der Waals surface area contributed by atoms with E-state index in [1.807, 2.05) is 0 Å². The van der Waals surface area contributed by atoms with Crippen LogP contribution in [0.25, 0.3) is 0 Å². The molecule has 10 aliphatic rings. The molecule has 11 heteroatoms. The fraction of sp³-hybridized carbons (Fsp3) is 0.857. The van der Waals surface area contributed by atoms with Crippen LogP contribution in [0.2, 0.25) is 85.6 Å². The van der Waals surface area contributed by atoms with Gasteiger partial charge in [0.05, 0.1) is 0 Å². The minimum absolute atomic E-state index is 0.299. The Hall–Kier alpha value is 0.0613. The molecule has 376 valence electrons. The lowest BCUT2D eigenvalue weighted by Gasteiger charge is -2.55. The molecule has 0 radical (unpaired) electrons. The highest BCUT2D eigenvalue weighted by atomic mass is 28.5. The van der Waals surface area contributed by atoms with Crippen LogP contribution in [0.5, 0.6) is 0 Å². The predicted molar refractivity (Wildman–Crippen MR) is 294 cm³/mol. The molecule has 6 saturated carbocycles. The van der Waals surface area contributed by atoms with Crippen molar-refractivity contribution in [2.75, 3.05) is 0 Å². The summed E-state index contributed by atoms with van der Waals surface area (Å²) in [4.78, 5) is 0. The van der Waals surface area contributed by atoms with Crippen LogP contribution in [0.3, 0.4) is 0 Å². The van der Waals surface area contributed by atoms with Gasteiger partial charge in [0.25, 0.3) is 0 Å². The average Bonchev–Trinajstić information content (AvgIpc) is 4.18. The highest BCUT2D eigenvalue weighted by Crippen LogP contribution is 2.59. The van der Waals surface area contributed by atoms with Crippen molar-refractivity contribution in [2.45, 2.75) is 280 Å². The van der Waals surface area contributed by atoms with E-state index in [0.717, 1.165) is 49.4 Å². The first-order valence-corrected chi connectivity index (χ1v) is 44.6. The van der Waals surface area contributed by atoms with E-state index in [0.29, 0.717) is 33.2 Å². The lowest BCUT2D eigenvalue weighted by molar-refractivity contribution is 0.138. The van der Waals surface area contributed by atoms with E-state index in [1.165, 1.54) is 141 Å². The van der Waals surface area contributed by atoms with Gasteiger partial charge in [-0.3, -0.25) is 0 Å². The summed E-state index contributed by atoms with van der Waals surface area (Å²) in [7, 11) is -17.2. The molecule has 10 aliphatic carbocycles. The first-order valence-electron chi connectivity index (χ1n) is 29.0. The Morgan fingerprint density at radius 1 is 0.313 bits per heavy atom. The summed E-state index contributed by atoms with van der Waals surface area (Å²) in [6, 6.07) is 0. The molecule has 0 aliphatic heterocycles. The highest BCUT2D eigenvalue weighted by molar-refractivity contribution is 6.95. The van der Waals surface area contributed by atoms with Crippen LogP contribution in [0.15, 0.2) is 44.6 Å². The molecule has 0 aromatic heterocycles. The molecule has 8 bridgehead atoms. The Morgan fingerprint density at radius 2 is 0.552 bits per heavy atom. The quantitative estimate of drug-likeness (QED) is 0.0898. The van der Waals surface area contributed by atoms with Crippen LogP contribution in [-0.4, -0.2) is 50.9 Å². The topological polar surface area (TPSA) is 46.2 Å². The van der Waals surface area contributed by atoms with Gasteiger partial charge < -0.3 is 20.6 Å². The van der Waals surface area contributed by atoms with Crippen molar-refractivity contribution < 1.29 is 20.6 Å². The SMILES string of the molecule is CC(C1=C2CCC(C2)C1)[Si](C)(C)O[Si](O[Si](C)(C)C(C)C1=C2CCC(C2)C1)(O[Si](O[Si](C)(C)C(C)C1=C2CCC(C2)C1)(O[Si](C)(C)C(C)C1=C2CCC(C2)C1)C1CCCCC1)C1CCCCC1. The second kappa shape index (κ2) is 19.1. The summed E-state index contributed by atoms with van der Waals surface area (Å²) in [5, 5.41) is 0. The maximum atomic E-state index is 9.01. The van der Waals surface area contributed by atoms with Gasteiger partial charge in [-0.15, -0.1) is 0 Å². The Balaban J connectivity index is 1.13. The van der Waals surface area contributed by atoms with Crippen molar-refractivity contribution in [1.82, 2.24) is 0 Å². The fourth-order valence-electron chi connectivity index (χ4n) is 16.6. The molecule has 0 amide bonds. The highest BCUT2D eigenvalue weighted by Gasteiger charge is 2.67. The Labute approximate surface area is 417 Å². The zero-order valence-electron chi connectivity index (χ0n) is 45.2. The predicted octanol–water partition coefficient (Wildman–Crippen LogP) is 18.0. The average molecular weight is 1020 g/mol. The lowest BCUT2D eigenvalue weighted by Crippen LogP contribution is -2.72. The number of allylic oxidation sites excluding steroid dienone is 8. The molecular formula is C56H98O5Si6. The van der Waals surface area contributed by atoms with Gasteiger partial charge in [0.2, 0.25) is 0 Å². The molecule has 0 heterocycles. The molecule has 67 heavy (non-hydrogen) atoms. The maximum Gasteiger partial charge on any atom is 0.475 e. The van der Waals surface area contributed by atoms with E-state index in [2.05, 4.69) is 80.1 Å². The standard InChI is InChI=1S/C56H98O5Si6/c1-39(53-35-43-23-27-47(53)31-43)62(5,6)57-66(51-19-15-13-16-20-51,58-63(7,8)40(2)54-36-44-24-28-48(54)32-44)61-67(52-21-17-14-18-22-52,59-64(9,10)41(3)55-37-45-25-29-49(55)33-45)60-65(11,12)42(4)56-38-46-26-30-50(56)34-46/h39-46,51-52H,13-38H2,1-12H3. The Kier molecular flexibility index (Phi) is 14.4. The molecule has 8 unspecified atom stereocenters. The summed E-state index contributed by atoms with van der Waals surface area (Å²) in [5.41, 5.74) is 16.6. The number of fused-ring (bicyclic) bond motifs is 8. The van der Waals surface area contributed by atoms with Crippen LogP contribution in [0, 0.1) is 23.7 Å². The van der Waals surface area contributed by atoms with Crippen molar-refractivity contribution in [2.24, 2.45) is 23.7 Å². The van der Waals surface area contributed by atoms with E-state index in [9.17, 15) is 0 Å². The number of rotatable bonds is 20. The third-order valence-corrected chi connectivity index (χ3v) is 49.9. The molecule has 8 atom stereocenters. The normalized spacial score (nSPS) is 32.1. The van der Waals surface area contributed by atoms with Gasteiger partial charge in [-0.25, -0.2) is 0 Å². The molecule has 0 N–H and O–H groups in total. The van der Waals surface area contributed by atoms with Crippen LogP contribution >= 0.6 is 0 Å². The van der Waals surface area contributed by atoms with Crippen molar-refractivity contribution in [3.63, 3.8) is 0 Å². The summed E-state index contributed by atoms with van der Waals surface area (Å²) in [6.07, 6.45) is 33.7. The van der Waals surface area contributed by atoms with Crippen molar-refractivity contribution in [1.29, 1.82) is 0 Å². The minimum atomic E-state index is -3.60. The smallest absolute Gasteiger partial charge is 0.416 e. The van der Waals surface area contributed by atoms with Gasteiger partial charge in [-0.05, 0) is 227 Å². The first-order chi connectivity index (χ1) is 31.7. The molecular weight excluding hydrogens is 921 g/mol. The van der Waals surface area contributed by atoms with Crippen molar-refractivity contribution >= 4 is 50.9 Å². The summed E-state index contributed by atoms with van der Waals surface area (Å²) in [5.74, 6) is 3.45. The third kappa shape index (κ3) is 9.83. The van der Waals surface area contributed by atoms with E-state index in [-0.39, 0.29) is 0 Å². The number of hydrogen-bond acceptors (Lipinski definition) is 5. The minimum Gasteiger partial charge on any atom is -0.416 e. The first kappa shape index (κ1) is 50.6. The monoisotopic (exact) mass is 1020 g/mol. The molecule has 10 rings (SSSR count). The molecule has 0 aromatic rings. The molecule has 6 fully saturated rings. The lowest BCUT2D eigenvalue weighted by atomic mass is 9.97. The second-order valence-electron chi connectivity index (χ2n) is 27.5. The maximum absolute atomic E-state index is 9.01. The number of hydrogen-bond donors (Lipinski definition) is 0. The van der Waals surface area contributed by atoms with Gasteiger partial charge in [0.1, 0.15) is 0 Å². The van der Waals surface area contributed by atoms with Gasteiger partial charge in [0.15, 0.2) is 33.3 Å². The van der Waals surface area contributed by atoms with E-state index in [4.69, 9.17) is 20.6 Å². The van der Waals surface area contributed by atoms with Gasteiger partial charge >= 0.3 is 17.6 Å². The summed E-state index contributed by atoms with van der Waals surface area (Å²) >= 11 is 0. The Bertz CT molecular complexity index is 1750. The summed E-state index contributed by atoms with van der Waals surface area (Å²) < 4.78 is 43.6. The van der Waals surface area contributed by atoms with Gasteiger partial charge in [-0.1, -0.05) is 111 Å². The van der Waals surface area contributed by atoms with Crippen LogP contribution in [-0.2, 0) is 20.6 Å². The molecule has 0 saturated heterocycles. The van der Waals surface area contributed by atoms with Crippen LogP contribution < -0.4 is 0 Å². The zero-order chi connectivity index (χ0) is 47.3. The van der Waals surface area contributed by atoms with Crippen molar-refractivity contribution in [3.05, 3.63) is 44.6 Å². The van der Waals surface area contributed by atoms with E-state index >= 15 is 0 Å². The van der Waals surface area contributed by atoms with Crippen LogP contribution in [0.1, 0.15) is 195 Å². The van der Waals surface area contributed by atoms with E-state index < -0.39 is 50.9 Å². The summed E-state index contributed by atoms with van der Waals surface area (Å²) in [6.45, 7) is 31.2. The van der Waals surface area contributed by atoms with E-state index in [1.54, 1.807) is 44.6 Å². The van der Waals surface area contributed by atoms with Crippen LogP contribution in [0.4, 0.5) is 0 Å². The molecule has 5 nitrogen and oxygen atoms in total. The Morgan fingerprint density at radius 3 is 0.746 bits per heavy atom. The molecule has 0 spiro atoms. The third-order valence-electron chi connectivity index (χ3n) is 21.8. The molecule has 0 aromatic carbocycles. The largest absolute Gasteiger partial charge is 0.475 e. The van der Waals surface area contributed by atoms with Crippen molar-refractivity contribution in [3.8, 4) is 0 Å². The zero-order valence-corrected chi connectivity index (χ0v) is 51.2.